The number of rotatable bonds is 4. The Hall–Kier alpha value is -1.04. The van der Waals surface area contributed by atoms with Crippen LogP contribution in [0.5, 0.6) is 0 Å². The van der Waals surface area contributed by atoms with Crippen molar-refractivity contribution in [1.29, 1.82) is 0 Å². The molecule has 0 aliphatic carbocycles. The van der Waals surface area contributed by atoms with Gasteiger partial charge in [-0.1, -0.05) is 18.2 Å². The van der Waals surface area contributed by atoms with E-state index in [0.29, 0.717) is 12.2 Å². The van der Waals surface area contributed by atoms with Crippen LogP contribution < -0.4 is 0 Å². The zero-order chi connectivity index (χ0) is 14.6. The number of hydrogen-bond donors (Lipinski definition) is 0. The third-order valence-corrected chi connectivity index (χ3v) is 4.00. The molecule has 0 amide bonds. The number of thioether (sulfide) groups is 1. The Morgan fingerprint density at radius 1 is 1.30 bits per heavy atom. The predicted octanol–water partition coefficient (Wildman–Crippen LogP) is 2.83. The minimum absolute atomic E-state index is 0.152. The molecule has 1 aromatic rings. The average molecular weight is 297 g/mol. The van der Waals surface area contributed by atoms with E-state index >= 15 is 0 Å². The van der Waals surface area contributed by atoms with Crippen molar-refractivity contribution in [3.63, 3.8) is 0 Å². The van der Waals surface area contributed by atoms with Crippen molar-refractivity contribution in [2.45, 2.75) is 70.2 Å². The fourth-order valence-corrected chi connectivity index (χ4v) is 3.09. The third-order valence-electron chi connectivity index (χ3n) is 3.03. The van der Waals surface area contributed by atoms with Crippen molar-refractivity contribution in [2.75, 3.05) is 5.75 Å². The number of hydrogen-bond acceptors (Lipinski definition) is 5. The molecule has 1 aliphatic rings. The van der Waals surface area contributed by atoms with Gasteiger partial charge < -0.3 is 9.30 Å². The fraction of sp³-hybridized carbons (Fsp3) is 0.786. The first-order chi connectivity index (χ1) is 9.46. The highest BCUT2D eigenvalue weighted by atomic mass is 32.2. The molecule has 2 rings (SSSR count). The van der Waals surface area contributed by atoms with Gasteiger partial charge in [-0.05, 0) is 33.6 Å². The van der Waals surface area contributed by atoms with Crippen LogP contribution in [-0.4, -0.2) is 32.1 Å². The summed E-state index contributed by atoms with van der Waals surface area (Å²) in [6, 6.07) is 0. The molecule has 0 fully saturated rings. The summed E-state index contributed by atoms with van der Waals surface area (Å²) < 4.78 is 7.50. The second kappa shape index (κ2) is 6.61. The topological polar surface area (TPSA) is 57.0 Å². The summed E-state index contributed by atoms with van der Waals surface area (Å²) in [5.74, 6) is 1.62. The molecule has 0 radical (unpaired) electrons. The highest BCUT2D eigenvalue weighted by Crippen LogP contribution is 2.22. The molecule has 0 saturated carbocycles. The van der Waals surface area contributed by atoms with E-state index in [2.05, 4.69) is 14.8 Å². The number of esters is 1. The third kappa shape index (κ3) is 4.51. The minimum atomic E-state index is -0.409. The average Bonchev–Trinajstić information content (AvgIpc) is 2.57. The molecule has 0 atom stereocenters. The summed E-state index contributed by atoms with van der Waals surface area (Å²) >= 11 is 1.59. The Bertz CT molecular complexity index is 465. The van der Waals surface area contributed by atoms with Gasteiger partial charge in [-0.2, -0.15) is 0 Å². The van der Waals surface area contributed by atoms with Crippen molar-refractivity contribution in [1.82, 2.24) is 14.8 Å². The number of nitrogens with zero attached hydrogens (tertiary/aromatic N) is 3. The second-order valence-electron chi connectivity index (χ2n) is 6.05. The van der Waals surface area contributed by atoms with Crippen molar-refractivity contribution < 1.29 is 9.53 Å². The lowest BCUT2D eigenvalue weighted by molar-refractivity contribution is -0.154. The molecule has 1 aromatic heterocycles. The van der Waals surface area contributed by atoms with Gasteiger partial charge in [0.1, 0.15) is 11.4 Å². The molecule has 2 heterocycles. The van der Waals surface area contributed by atoms with Gasteiger partial charge in [0.05, 0.1) is 6.42 Å². The highest BCUT2D eigenvalue weighted by molar-refractivity contribution is 7.99. The Labute approximate surface area is 124 Å². The lowest BCUT2D eigenvalue weighted by Crippen LogP contribution is -2.24. The van der Waals surface area contributed by atoms with Gasteiger partial charge in [-0.3, -0.25) is 4.79 Å². The fourth-order valence-electron chi connectivity index (χ4n) is 2.18. The first-order valence-electron chi connectivity index (χ1n) is 7.22. The van der Waals surface area contributed by atoms with Crippen molar-refractivity contribution >= 4 is 17.7 Å². The van der Waals surface area contributed by atoms with Crippen molar-refractivity contribution in [3.05, 3.63) is 5.82 Å². The molecule has 0 saturated heterocycles. The van der Waals surface area contributed by atoms with Crippen molar-refractivity contribution in [3.8, 4) is 0 Å². The lowest BCUT2D eigenvalue weighted by Gasteiger charge is -2.19. The van der Waals surface area contributed by atoms with Crippen LogP contribution in [0.25, 0.3) is 0 Å². The largest absolute Gasteiger partial charge is 0.460 e. The van der Waals surface area contributed by atoms with E-state index in [-0.39, 0.29) is 5.97 Å². The van der Waals surface area contributed by atoms with Crippen LogP contribution in [0.2, 0.25) is 0 Å². The van der Waals surface area contributed by atoms with Crippen LogP contribution in [-0.2, 0) is 22.5 Å². The number of ether oxygens (including phenoxy) is 1. The molecular weight excluding hydrogens is 274 g/mol. The van der Waals surface area contributed by atoms with Crippen LogP contribution in [0.4, 0.5) is 0 Å². The monoisotopic (exact) mass is 297 g/mol. The quantitative estimate of drug-likeness (QED) is 0.632. The van der Waals surface area contributed by atoms with E-state index in [1.54, 1.807) is 11.8 Å². The number of aryl methyl sites for hydroxylation is 1. The van der Waals surface area contributed by atoms with Crippen LogP contribution in [0.3, 0.4) is 0 Å². The number of carbonyl (C=O) groups excluding carboxylic acids is 1. The number of aromatic nitrogens is 3. The summed E-state index contributed by atoms with van der Waals surface area (Å²) in [5, 5.41) is 9.42. The van der Waals surface area contributed by atoms with Gasteiger partial charge in [0.2, 0.25) is 0 Å². The maximum absolute atomic E-state index is 11.7. The molecule has 0 unspecified atom stereocenters. The van der Waals surface area contributed by atoms with Crippen LogP contribution in [0.1, 0.15) is 52.3 Å². The van der Waals surface area contributed by atoms with Gasteiger partial charge in [-0.15, -0.1) is 10.2 Å². The molecule has 0 bridgehead atoms. The van der Waals surface area contributed by atoms with E-state index < -0.39 is 5.60 Å². The van der Waals surface area contributed by atoms with E-state index in [0.717, 1.165) is 23.9 Å². The molecule has 0 aromatic carbocycles. The Kier molecular flexibility index (Phi) is 5.07. The standard InChI is InChI=1S/C14H23N3O2S/c1-14(2,3)19-12(18)8-10-20-13-16-15-11-7-5-4-6-9-17(11)13/h4-10H2,1-3H3. The number of fused-ring (bicyclic) bond motifs is 1. The zero-order valence-corrected chi connectivity index (χ0v) is 13.3. The summed E-state index contributed by atoms with van der Waals surface area (Å²) in [6.45, 7) is 6.65. The predicted molar refractivity (Wildman–Crippen MR) is 78.8 cm³/mol. The van der Waals surface area contributed by atoms with Gasteiger partial charge in [0, 0.05) is 18.7 Å². The highest BCUT2D eigenvalue weighted by Gasteiger charge is 2.18. The maximum atomic E-state index is 11.7. The Balaban J connectivity index is 1.83. The molecule has 1 aliphatic heterocycles. The van der Waals surface area contributed by atoms with Gasteiger partial charge in [0.15, 0.2) is 5.16 Å². The van der Waals surface area contributed by atoms with E-state index in [4.69, 9.17) is 4.74 Å². The van der Waals surface area contributed by atoms with Crippen LogP contribution in [0.15, 0.2) is 5.16 Å². The molecule has 0 spiro atoms. The second-order valence-corrected chi connectivity index (χ2v) is 7.11. The molecule has 112 valence electrons. The number of carbonyl (C=O) groups is 1. The summed E-state index contributed by atoms with van der Waals surface area (Å²) in [7, 11) is 0. The minimum Gasteiger partial charge on any atom is -0.460 e. The van der Waals surface area contributed by atoms with Crippen LogP contribution >= 0.6 is 11.8 Å². The normalized spacial score (nSPS) is 15.6. The summed E-state index contributed by atoms with van der Waals surface area (Å²) in [4.78, 5) is 11.7. The molecule has 5 nitrogen and oxygen atoms in total. The molecule has 6 heteroatoms. The first kappa shape index (κ1) is 15.4. The molecule has 20 heavy (non-hydrogen) atoms. The molecular formula is C14H23N3O2S. The molecule has 0 N–H and O–H groups in total. The first-order valence-corrected chi connectivity index (χ1v) is 8.21. The van der Waals surface area contributed by atoms with E-state index in [1.165, 1.54) is 19.3 Å². The van der Waals surface area contributed by atoms with Gasteiger partial charge in [-0.25, -0.2) is 0 Å². The lowest BCUT2D eigenvalue weighted by atomic mass is 10.2. The zero-order valence-electron chi connectivity index (χ0n) is 12.5. The Morgan fingerprint density at radius 2 is 2.10 bits per heavy atom. The SMILES string of the molecule is CC(C)(C)OC(=O)CCSc1nnc2n1CCCCC2. The Morgan fingerprint density at radius 3 is 2.85 bits per heavy atom. The van der Waals surface area contributed by atoms with E-state index in [9.17, 15) is 4.79 Å². The van der Waals surface area contributed by atoms with Gasteiger partial charge in [0.25, 0.3) is 0 Å². The van der Waals surface area contributed by atoms with Gasteiger partial charge >= 0.3 is 5.97 Å². The van der Waals surface area contributed by atoms with Crippen LogP contribution in [0, 0.1) is 0 Å². The summed E-state index contributed by atoms with van der Waals surface area (Å²) in [5.41, 5.74) is -0.409. The van der Waals surface area contributed by atoms with E-state index in [1.807, 2.05) is 20.8 Å². The van der Waals surface area contributed by atoms with Crippen molar-refractivity contribution in [2.24, 2.45) is 0 Å². The maximum Gasteiger partial charge on any atom is 0.307 e. The summed E-state index contributed by atoms with van der Waals surface area (Å²) in [6.07, 6.45) is 5.06. The smallest absolute Gasteiger partial charge is 0.307 e.